The molecular formula is C22H28N4O2S. The number of aryl methyl sites for hydroxylation is 2. The molecule has 2 amide bonds. The van der Waals surface area contributed by atoms with Gasteiger partial charge < -0.3 is 15.5 Å². The van der Waals surface area contributed by atoms with Crippen LogP contribution in [0, 0.1) is 27.7 Å². The highest BCUT2D eigenvalue weighted by molar-refractivity contribution is 8.00. The molecule has 7 heteroatoms. The summed E-state index contributed by atoms with van der Waals surface area (Å²) in [6, 6.07) is 8.43. The number of nitrogens with zero attached hydrogens (tertiary/aromatic N) is 3. The summed E-state index contributed by atoms with van der Waals surface area (Å²) in [5, 5.41) is 0.546. The molecule has 2 heterocycles. The molecule has 6 nitrogen and oxygen atoms in total. The van der Waals surface area contributed by atoms with E-state index < -0.39 is 5.91 Å². The number of primary amides is 1. The van der Waals surface area contributed by atoms with Crippen LogP contribution in [0.5, 0.6) is 0 Å². The maximum atomic E-state index is 12.7. The second-order valence-corrected chi connectivity index (χ2v) is 8.45. The van der Waals surface area contributed by atoms with Crippen molar-refractivity contribution in [3.63, 3.8) is 0 Å². The molecular weight excluding hydrogens is 384 g/mol. The van der Waals surface area contributed by atoms with Crippen LogP contribution in [0.1, 0.15) is 32.7 Å². The van der Waals surface area contributed by atoms with Crippen LogP contribution in [0.2, 0.25) is 0 Å². The number of amides is 2. The van der Waals surface area contributed by atoms with Crippen molar-refractivity contribution in [3.8, 4) is 0 Å². The topological polar surface area (TPSA) is 79.5 Å². The second kappa shape index (κ2) is 8.86. The Bertz CT molecular complexity index is 937. The van der Waals surface area contributed by atoms with Gasteiger partial charge in [0.1, 0.15) is 5.03 Å². The largest absolute Gasteiger partial charge is 0.368 e. The third kappa shape index (κ3) is 4.72. The van der Waals surface area contributed by atoms with Gasteiger partial charge in [0, 0.05) is 37.6 Å². The molecule has 0 bridgehead atoms. The molecule has 2 aromatic rings. The molecule has 2 N–H and O–H groups in total. The van der Waals surface area contributed by atoms with Crippen LogP contribution in [-0.4, -0.2) is 53.6 Å². The molecule has 0 atom stereocenters. The summed E-state index contributed by atoms with van der Waals surface area (Å²) in [6.45, 7) is 10.8. The van der Waals surface area contributed by atoms with E-state index in [1.165, 1.54) is 23.0 Å². The molecule has 1 fully saturated rings. The van der Waals surface area contributed by atoms with Crippen molar-refractivity contribution >= 4 is 29.3 Å². The van der Waals surface area contributed by atoms with Gasteiger partial charge in [-0.1, -0.05) is 23.9 Å². The fourth-order valence-corrected chi connectivity index (χ4v) is 4.61. The summed E-state index contributed by atoms with van der Waals surface area (Å²) < 4.78 is 0. The summed E-state index contributed by atoms with van der Waals surface area (Å²) in [5.74, 6) is -0.188. The van der Waals surface area contributed by atoms with E-state index in [1.54, 1.807) is 0 Å². The van der Waals surface area contributed by atoms with Crippen LogP contribution in [0.25, 0.3) is 0 Å². The van der Waals surface area contributed by atoms with Crippen molar-refractivity contribution in [1.82, 2.24) is 9.88 Å². The quantitative estimate of drug-likeness (QED) is 0.764. The number of rotatable bonds is 5. The molecule has 0 unspecified atom stereocenters. The molecule has 3 rings (SSSR count). The van der Waals surface area contributed by atoms with Gasteiger partial charge in [-0.3, -0.25) is 9.59 Å². The van der Waals surface area contributed by atoms with E-state index in [0.29, 0.717) is 23.7 Å². The monoisotopic (exact) mass is 412 g/mol. The van der Waals surface area contributed by atoms with Gasteiger partial charge in [0.25, 0.3) is 5.91 Å². The first-order valence-electron chi connectivity index (χ1n) is 9.77. The first-order valence-corrected chi connectivity index (χ1v) is 10.8. The maximum Gasteiger partial charge on any atom is 0.251 e. The van der Waals surface area contributed by atoms with E-state index in [2.05, 4.69) is 41.1 Å². The average molecular weight is 413 g/mol. The predicted octanol–water partition coefficient (Wildman–Crippen LogP) is 2.86. The molecule has 154 valence electrons. The van der Waals surface area contributed by atoms with E-state index in [4.69, 9.17) is 5.73 Å². The molecule has 1 aromatic heterocycles. The van der Waals surface area contributed by atoms with Gasteiger partial charge in [-0.2, -0.15) is 0 Å². The Morgan fingerprint density at radius 3 is 2.38 bits per heavy atom. The normalized spacial score (nSPS) is 14.2. The average Bonchev–Trinajstić information content (AvgIpc) is 2.70. The number of aromatic nitrogens is 1. The summed E-state index contributed by atoms with van der Waals surface area (Å²) in [6.07, 6.45) is 0. The van der Waals surface area contributed by atoms with Crippen molar-refractivity contribution in [2.75, 3.05) is 36.8 Å². The lowest BCUT2D eigenvalue weighted by Gasteiger charge is -2.36. The molecule has 0 saturated carbocycles. The Balaban J connectivity index is 1.62. The van der Waals surface area contributed by atoms with E-state index in [-0.39, 0.29) is 11.7 Å². The second-order valence-electron chi connectivity index (χ2n) is 7.49. The van der Waals surface area contributed by atoms with Gasteiger partial charge in [-0.15, -0.1) is 0 Å². The Morgan fingerprint density at radius 1 is 1.07 bits per heavy atom. The summed E-state index contributed by atoms with van der Waals surface area (Å²) in [4.78, 5) is 33.4. The van der Waals surface area contributed by atoms with Crippen molar-refractivity contribution in [2.45, 2.75) is 32.7 Å². The molecule has 0 aliphatic carbocycles. The zero-order valence-corrected chi connectivity index (χ0v) is 18.3. The van der Waals surface area contributed by atoms with Gasteiger partial charge in [-0.25, -0.2) is 4.98 Å². The molecule has 29 heavy (non-hydrogen) atoms. The molecule has 1 aliphatic heterocycles. The lowest BCUT2D eigenvalue weighted by molar-refractivity contribution is -0.128. The number of thioether (sulfide) groups is 1. The number of pyridine rings is 1. The smallest absolute Gasteiger partial charge is 0.251 e. The van der Waals surface area contributed by atoms with Crippen LogP contribution in [0.3, 0.4) is 0 Å². The number of anilines is 1. The van der Waals surface area contributed by atoms with Crippen molar-refractivity contribution < 1.29 is 9.59 Å². The van der Waals surface area contributed by atoms with Crippen LogP contribution in [-0.2, 0) is 4.79 Å². The van der Waals surface area contributed by atoms with Gasteiger partial charge in [-0.05, 0) is 56.5 Å². The van der Waals surface area contributed by atoms with E-state index in [1.807, 2.05) is 25.7 Å². The first kappa shape index (κ1) is 21.2. The number of carbonyl (C=O) groups is 2. The van der Waals surface area contributed by atoms with E-state index >= 15 is 0 Å². The number of hydrogen-bond donors (Lipinski definition) is 1. The fourth-order valence-electron chi connectivity index (χ4n) is 3.57. The molecule has 0 radical (unpaired) electrons. The summed E-state index contributed by atoms with van der Waals surface area (Å²) in [7, 11) is 0. The van der Waals surface area contributed by atoms with Crippen LogP contribution < -0.4 is 10.6 Å². The minimum atomic E-state index is -0.500. The number of benzene rings is 1. The standard InChI is InChI=1S/C22H28N4O2S/c1-14-6-5-7-18(12-14)25-8-10-26(11-9-25)19(27)13-29-22-20(21(23)28)16(3)15(2)17(4)24-22/h5-7,12H,8-11,13H2,1-4H3,(H2,23,28). The number of hydrogen-bond acceptors (Lipinski definition) is 5. The summed E-state index contributed by atoms with van der Waals surface area (Å²) in [5.41, 5.74) is 11.1. The van der Waals surface area contributed by atoms with Crippen LogP contribution in [0.15, 0.2) is 29.3 Å². The molecule has 1 saturated heterocycles. The Labute approximate surface area is 176 Å². The minimum absolute atomic E-state index is 0.0620. The van der Waals surface area contributed by atoms with Crippen molar-refractivity contribution in [1.29, 1.82) is 0 Å². The van der Waals surface area contributed by atoms with Gasteiger partial charge in [0.15, 0.2) is 0 Å². The fraction of sp³-hybridized carbons (Fsp3) is 0.409. The highest BCUT2D eigenvalue weighted by atomic mass is 32.2. The van der Waals surface area contributed by atoms with Gasteiger partial charge in [0.05, 0.1) is 11.3 Å². The highest BCUT2D eigenvalue weighted by Crippen LogP contribution is 2.27. The third-order valence-electron chi connectivity index (χ3n) is 5.54. The van der Waals surface area contributed by atoms with E-state index in [0.717, 1.165) is 29.9 Å². The highest BCUT2D eigenvalue weighted by Gasteiger charge is 2.23. The van der Waals surface area contributed by atoms with Crippen molar-refractivity contribution in [3.05, 3.63) is 52.2 Å². The number of nitrogens with two attached hydrogens (primary N) is 1. The van der Waals surface area contributed by atoms with Gasteiger partial charge in [0.2, 0.25) is 5.91 Å². The Kier molecular flexibility index (Phi) is 6.47. The maximum absolute atomic E-state index is 12.7. The zero-order chi connectivity index (χ0) is 21.1. The summed E-state index contributed by atoms with van der Waals surface area (Å²) >= 11 is 1.30. The van der Waals surface area contributed by atoms with Crippen LogP contribution in [0.4, 0.5) is 5.69 Å². The number of piperazine rings is 1. The first-order chi connectivity index (χ1) is 13.8. The van der Waals surface area contributed by atoms with Crippen molar-refractivity contribution in [2.24, 2.45) is 5.73 Å². The Morgan fingerprint density at radius 2 is 1.76 bits per heavy atom. The van der Waals surface area contributed by atoms with Gasteiger partial charge >= 0.3 is 0 Å². The van der Waals surface area contributed by atoms with E-state index in [9.17, 15) is 9.59 Å². The zero-order valence-electron chi connectivity index (χ0n) is 17.5. The predicted molar refractivity (Wildman–Crippen MR) is 118 cm³/mol. The lowest BCUT2D eigenvalue weighted by atomic mass is 10.0. The third-order valence-corrected chi connectivity index (χ3v) is 6.50. The Hall–Kier alpha value is -2.54. The molecule has 0 spiro atoms. The molecule has 1 aliphatic rings. The minimum Gasteiger partial charge on any atom is -0.368 e. The molecule has 1 aromatic carbocycles. The SMILES string of the molecule is Cc1cccc(N2CCN(C(=O)CSc3nc(C)c(C)c(C)c3C(N)=O)CC2)c1. The number of carbonyl (C=O) groups excluding carboxylic acids is 2. The van der Waals surface area contributed by atoms with Crippen LogP contribution >= 0.6 is 11.8 Å². The lowest BCUT2D eigenvalue weighted by Crippen LogP contribution is -2.49.